The number of hydrogen-bond acceptors (Lipinski definition) is 7. The second-order valence-electron chi connectivity index (χ2n) is 11.5. The summed E-state index contributed by atoms with van der Waals surface area (Å²) in [6, 6.07) is 7.27. The average Bonchev–Trinajstić information content (AvgIpc) is 3.60. The average molecular weight is 539 g/mol. The van der Waals surface area contributed by atoms with Gasteiger partial charge in [0.25, 0.3) is 5.91 Å². The largest absolute Gasteiger partial charge is 0.444 e. The van der Waals surface area contributed by atoms with E-state index in [1.807, 2.05) is 34.9 Å². The zero-order valence-corrected chi connectivity index (χ0v) is 23.3. The van der Waals surface area contributed by atoms with Gasteiger partial charge in [0.2, 0.25) is 11.8 Å². The summed E-state index contributed by atoms with van der Waals surface area (Å²) in [5.41, 5.74) is 0.668. The molecule has 0 aromatic heterocycles. The number of nitrogens with zero attached hydrogens (tertiary/aromatic N) is 4. The van der Waals surface area contributed by atoms with E-state index in [2.05, 4.69) is 16.7 Å². The minimum absolute atomic E-state index is 0.0383. The SMILES string of the molecule is CNC(=O)c1cccc([C@H](C)N2C(=O)[C@H]3C[C@@H]2CN3C[C@H](NC(=O)OC(C)(C)C)C(=O)N2CCC[C@H]2C#N)c1. The molecule has 3 aliphatic heterocycles. The molecule has 210 valence electrons. The smallest absolute Gasteiger partial charge is 0.408 e. The topological polar surface area (TPSA) is 135 Å². The lowest BCUT2D eigenvalue weighted by Gasteiger charge is -2.39. The highest BCUT2D eigenvalue weighted by atomic mass is 16.6. The highest BCUT2D eigenvalue weighted by Crippen LogP contribution is 2.38. The van der Waals surface area contributed by atoms with Crippen molar-refractivity contribution in [1.82, 2.24) is 25.3 Å². The van der Waals surface area contributed by atoms with Gasteiger partial charge in [-0.1, -0.05) is 12.1 Å². The first-order chi connectivity index (χ1) is 18.4. The summed E-state index contributed by atoms with van der Waals surface area (Å²) in [4.78, 5) is 57.1. The van der Waals surface area contributed by atoms with Gasteiger partial charge in [0.15, 0.2) is 0 Å². The summed E-state index contributed by atoms with van der Waals surface area (Å²) in [6.45, 7) is 8.34. The summed E-state index contributed by atoms with van der Waals surface area (Å²) in [6.07, 6.45) is 1.23. The van der Waals surface area contributed by atoms with Crippen molar-refractivity contribution in [3.63, 3.8) is 0 Å². The Morgan fingerprint density at radius 1 is 1.26 bits per heavy atom. The molecule has 3 heterocycles. The van der Waals surface area contributed by atoms with Gasteiger partial charge in [-0.15, -0.1) is 0 Å². The van der Waals surface area contributed by atoms with Crippen molar-refractivity contribution in [3.05, 3.63) is 35.4 Å². The lowest BCUT2D eigenvalue weighted by Crippen LogP contribution is -2.59. The molecule has 11 nitrogen and oxygen atoms in total. The number of hydrogen-bond donors (Lipinski definition) is 2. The van der Waals surface area contributed by atoms with Crippen LogP contribution in [-0.4, -0.2) is 95.0 Å². The van der Waals surface area contributed by atoms with Gasteiger partial charge in [-0.25, -0.2) is 4.79 Å². The van der Waals surface area contributed by atoms with Gasteiger partial charge in [0.1, 0.15) is 17.7 Å². The number of nitriles is 1. The number of carbonyl (C=O) groups excluding carboxylic acids is 4. The Labute approximate surface area is 229 Å². The first-order valence-corrected chi connectivity index (χ1v) is 13.5. The van der Waals surface area contributed by atoms with E-state index < -0.39 is 29.8 Å². The Bertz CT molecular complexity index is 1170. The normalized spacial score (nSPS) is 24.3. The van der Waals surface area contributed by atoms with Gasteiger partial charge >= 0.3 is 6.09 Å². The van der Waals surface area contributed by atoms with E-state index in [1.54, 1.807) is 33.9 Å². The maximum absolute atomic E-state index is 13.5. The Hall–Kier alpha value is -3.65. The number of rotatable bonds is 7. The first kappa shape index (κ1) is 28.4. The summed E-state index contributed by atoms with van der Waals surface area (Å²) >= 11 is 0. The third-order valence-electron chi connectivity index (χ3n) is 7.68. The number of nitrogens with one attached hydrogen (secondary N) is 2. The summed E-state index contributed by atoms with van der Waals surface area (Å²) in [7, 11) is 1.58. The number of alkyl carbamates (subject to hydrolysis) is 1. The van der Waals surface area contributed by atoms with Crippen molar-refractivity contribution in [2.75, 3.05) is 26.7 Å². The van der Waals surface area contributed by atoms with Crippen molar-refractivity contribution < 1.29 is 23.9 Å². The van der Waals surface area contributed by atoms with Gasteiger partial charge in [-0.3, -0.25) is 19.3 Å². The molecule has 1 aromatic carbocycles. The molecule has 0 saturated carbocycles. The minimum atomic E-state index is -0.948. The van der Waals surface area contributed by atoms with Crippen LogP contribution in [0.15, 0.2) is 24.3 Å². The molecule has 0 aliphatic carbocycles. The second kappa shape index (κ2) is 11.2. The maximum Gasteiger partial charge on any atom is 0.408 e. The molecule has 3 aliphatic rings. The van der Waals surface area contributed by atoms with E-state index in [0.29, 0.717) is 31.5 Å². The minimum Gasteiger partial charge on any atom is -0.444 e. The van der Waals surface area contributed by atoms with Crippen LogP contribution in [0.1, 0.15) is 68.9 Å². The molecule has 2 N–H and O–H groups in total. The molecular formula is C28H38N6O5. The molecule has 11 heteroatoms. The van der Waals surface area contributed by atoms with Crippen LogP contribution in [0.3, 0.4) is 0 Å². The Morgan fingerprint density at radius 2 is 2.00 bits per heavy atom. The lowest BCUT2D eigenvalue weighted by molar-refractivity contribution is -0.141. The predicted octanol–water partition coefficient (Wildman–Crippen LogP) is 1.80. The third kappa shape index (κ3) is 6.01. The van der Waals surface area contributed by atoms with E-state index in [-0.39, 0.29) is 36.3 Å². The maximum atomic E-state index is 13.5. The van der Waals surface area contributed by atoms with Crippen LogP contribution in [0.2, 0.25) is 0 Å². The van der Waals surface area contributed by atoms with Crippen molar-refractivity contribution in [2.24, 2.45) is 0 Å². The highest BCUT2D eigenvalue weighted by molar-refractivity contribution is 5.94. The number of carbonyl (C=O) groups is 4. The molecule has 3 saturated heterocycles. The zero-order valence-electron chi connectivity index (χ0n) is 23.3. The van der Waals surface area contributed by atoms with Crippen LogP contribution in [0, 0.1) is 11.3 Å². The van der Waals surface area contributed by atoms with E-state index >= 15 is 0 Å². The van der Waals surface area contributed by atoms with E-state index in [0.717, 1.165) is 12.0 Å². The standard InChI is InChI=1S/C28H38N6O5/c1-17(18-8-6-9-19(12-18)24(35)30-5)34-21-13-23(26(34)37)32(15-21)16-22(31-27(38)39-28(2,3)4)25(36)33-11-7-10-20(33)14-29/h6,8-9,12,17,20-23H,7,10-11,13,15-16H2,1-5H3,(H,30,35)(H,31,38)/t17-,20-,21+,22-,23+/m0/s1. The van der Waals surface area contributed by atoms with Crippen molar-refractivity contribution in [1.29, 1.82) is 5.26 Å². The van der Waals surface area contributed by atoms with Gasteiger partial charge in [0, 0.05) is 38.3 Å². The predicted molar refractivity (Wildman–Crippen MR) is 142 cm³/mol. The summed E-state index contributed by atoms with van der Waals surface area (Å²) < 4.78 is 5.41. The fourth-order valence-corrected chi connectivity index (χ4v) is 5.88. The summed E-state index contributed by atoms with van der Waals surface area (Å²) in [5.74, 6) is -0.561. The van der Waals surface area contributed by atoms with Gasteiger partial charge in [-0.2, -0.15) is 5.26 Å². The molecule has 4 amide bonds. The Kier molecular flexibility index (Phi) is 8.16. The van der Waals surface area contributed by atoms with E-state index in [9.17, 15) is 24.4 Å². The molecular weight excluding hydrogens is 500 g/mol. The monoisotopic (exact) mass is 538 g/mol. The van der Waals surface area contributed by atoms with Crippen LogP contribution in [0.5, 0.6) is 0 Å². The molecule has 0 unspecified atom stereocenters. The Morgan fingerprint density at radius 3 is 2.64 bits per heavy atom. The fourth-order valence-electron chi connectivity index (χ4n) is 5.88. The molecule has 0 spiro atoms. The molecule has 5 atom stereocenters. The van der Waals surface area contributed by atoms with Crippen molar-refractivity contribution >= 4 is 23.8 Å². The molecule has 2 bridgehead atoms. The number of fused-ring (bicyclic) bond motifs is 2. The fraction of sp³-hybridized carbons (Fsp3) is 0.607. The van der Waals surface area contributed by atoms with E-state index in [1.165, 1.54) is 4.90 Å². The van der Waals surface area contributed by atoms with Gasteiger partial charge < -0.3 is 25.2 Å². The number of ether oxygens (including phenoxy) is 1. The molecule has 1 aromatic rings. The molecule has 4 rings (SSSR count). The third-order valence-corrected chi connectivity index (χ3v) is 7.68. The number of benzene rings is 1. The molecule has 3 fully saturated rings. The molecule has 39 heavy (non-hydrogen) atoms. The van der Waals surface area contributed by atoms with Crippen LogP contribution in [0.4, 0.5) is 4.79 Å². The quantitative estimate of drug-likeness (QED) is 0.540. The van der Waals surface area contributed by atoms with E-state index in [4.69, 9.17) is 4.74 Å². The van der Waals surface area contributed by atoms with Gasteiger partial charge in [0.05, 0.1) is 18.2 Å². The van der Waals surface area contributed by atoms with Crippen LogP contribution in [-0.2, 0) is 14.3 Å². The first-order valence-electron chi connectivity index (χ1n) is 13.5. The highest BCUT2D eigenvalue weighted by Gasteiger charge is 2.52. The van der Waals surface area contributed by atoms with Gasteiger partial charge in [-0.05, 0) is 64.7 Å². The Balaban J connectivity index is 1.48. The van der Waals surface area contributed by atoms with Crippen LogP contribution < -0.4 is 10.6 Å². The number of piperazine rings is 1. The number of likely N-dealkylation sites (tertiary alicyclic amines) is 3. The second-order valence-corrected chi connectivity index (χ2v) is 11.5. The van der Waals surface area contributed by atoms with Crippen LogP contribution in [0.25, 0.3) is 0 Å². The molecule has 0 radical (unpaired) electrons. The zero-order chi connectivity index (χ0) is 28.5. The van der Waals surface area contributed by atoms with Crippen LogP contribution >= 0.6 is 0 Å². The number of amides is 4. The van der Waals surface area contributed by atoms with Crippen molar-refractivity contribution in [2.45, 2.75) is 82.8 Å². The van der Waals surface area contributed by atoms with Crippen molar-refractivity contribution in [3.8, 4) is 6.07 Å². The summed E-state index contributed by atoms with van der Waals surface area (Å²) in [5, 5.41) is 14.8. The lowest BCUT2D eigenvalue weighted by atomic mass is 10.0.